The number of esters is 1. The van der Waals surface area contributed by atoms with Crippen molar-refractivity contribution in [1.29, 1.82) is 0 Å². The quantitative estimate of drug-likeness (QED) is 0.580. The van der Waals surface area contributed by atoms with Crippen molar-refractivity contribution in [2.75, 3.05) is 18.5 Å². The number of nitrogens with zero attached hydrogens (tertiary/aromatic N) is 3. The van der Waals surface area contributed by atoms with Crippen LogP contribution in [0, 0.1) is 0 Å². The molecule has 2 aromatic rings. The molecular weight excluding hydrogens is 389 g/mol. The Balaban J connectivity index is 2.00. The van der Waals surface area contributed by atoms with Crippen molar-refractivity contribution >= 4 is 11.9 Å². The largest absolute Gasteiger partial charge is 0.460 e. The van der Waals surface area contributed by atoms with E-state index >= 15 is 0 Å². The molecule has 0 fully saturated rings. The predicted molar refractivity (Wildman–Crippen MR) is 98.0 cm³/mol. The number of carbonyl (C=O) groups is 1. The van der Waals surface area contributed by atoms with E-state index in [9.17, 15) is 18.0 Å². The van der Waals surface area contributed by atoms with Gasteiger partial charge in [-0.05, 0) is 32.4 Å². The highest BCUT2D eigenvalue weighted by Gasteiger charge is 2.41. The molecule has 0 radical (unpaired) electrons. The molecule has 2 heterocycles. The summed E-state index contributed by atoms with van der Waals surface area (Å²) in [7, 11) is 0. The number of aromatic nitrogens is 3. The first-order chi connectivity index (χ1) is 13.7. The van der Waals surface area contributed by atoms with Crippen molar-refractivity contribution in [3.05, 3.63) is 53.0 Å². The summed E-state index contributed by atoms with van der Waals surface area (Å²) >= 11 is 0. The van der Waals surface area contributed by atoms with Gasteiger partial charge < -0.3 is 14.8 Å². The van der Waals surface area contributed by atoms with Gasteiger partial charge in [-0.2, -0.15) is 23.3 Å². The average Bonchev–Trinajstić information content (AvgIpc) is 3.11. The first-order valence-electron chi connectivity index (χ1n) is 9.02. The van der Waals surface area contributed by atoms with Crippen molar-refractivity contribution < 1.29 is 27.4 Å². The van der Waals surface area contributed by atoms with Crippen molar-refractivity contribution in [2.45, 2.75) is 39.1 Å². The zero-order valence-electron chi connectivity index (χ0n) is 16.2. The number of nitrogens with one attached hydrogen (secondary N) is 1. The number of rotatable bonds is 6. The van der Waals surface area contributed by atoms with Crippen molar-refractivity contribution in [3.8, 4) is 0 Å². The molecule has 7 nitrogen and oxygen atoms in total. The van der Waals surface area contributed by atoms with Gasteiger partial charge in [0.2, 0.25) is 5.95 Å². The minimum Gasteiger partial charge on any atom is -0.460 e. The molecule has 1 aromatic carbocycles. The van der Waals surface area contributed by atoms with Gasteiger partial charge >= 0.3 is 12.1 Å². The maximum atomic E-state index is 13.6. The summed E-state index contributed by atoms with van der Waals surface area (Å²) in [6.07, 6.45) is -3.42. The smallest absolute Gasteiger partial charge is 0.416 e. The van der Waals surface area contributed by atoms with Gasteiger partial charge in [0.25, 0.3) is 0 Å². The Morgan fingerprint density at radius 3 is 2.69 bits per heavy atom. The standard InChI is InChI=1S/C19H21F3N4O3/c1-11(2)28-8-9-29-17(27)15-12(3)25-18-23-10-24-26(18)16(15)13-6-4-5-7-14(13)19(20,21)22/h4-7,10-11,16H,8-9H2,1-3H3,(H,23,24,25)/t16-/m1/s1. The van der Waals surface area contributed by atoms with E-state index in [0.29, 0.717) is 5.70 Å². The van der Waals surface area contributed by atoms with Gasteiger partial charge in [-0.1, -0.05) is 18.2 Å². The summed E-state index contributed by atoms with van der Waals surface area (Å²) in [5.41, 5.74) is -0.584. The third kappa shape index (κ3) is 4.42. The number of ether oxygens (including phenoxy) is 2. The molecule has 0 saturated heterocycles. The number of allylic oxidation sites excluding steroid dienone is 1. The maximum absolute atomic E-state index is 13.6. The highest BCUT2D eigenvalue weighted by atomic mass is 19.4. The number of carbonyl (C=O) groups excluding carboxylic acids is 1. The fraction of sp³-hybridized carbons (Fsp3) is 0.421. The first-order valence-corrected chi connectivity index (χ1v) is 9.02. The lowest BCUT2D eigenvalue weighted by atomic mass is 9.92. The number of hydrogen-bond acceptors (Lipinski definition) is 6. The minimum absolute atomic E-state index is 0.0222. The zero-order chi connectivity index (χ0) is 21.2. The highest BCUT2D eigenvalue weighted by molar-refractivity contribution is 5.92. The summed E-state index contributed by atoms with van der Waals surface area (Å²) in [5.74, 6) is -0.505. The average molecular weight is 410 g/mol. The van der Waals surface area contributed by atoms with E-state index in [-0.39, 0.29) is 36.4 Å². The van der Waals surface area contributed by atoms with Crippen LogP contribution in [-0.4, -0.2) is 40.1 Å². The van der Waals surface area contributed by atoms with Crippen molar-refractivity contribution in [1.82, 2.24) is 14.8 Å². The molecule has 0 saturated carbocycles. The molecule has 29 heavy (non-hydrogen) atoms. The Morgan fingerprint density at radius 1 is 1.28 bits per heavy atom. The molecule has 10 heteroatoms. The molecule has 0 spiro atoms. The molecule has 0 unspecified atom stereocenters. The fourth-order valence-electron chi connectivity index (χ4n) is 3.13. The molecule has 1 aliphatic heterocycles. The Labute approximate surface area is 165 Å². The van der Waals surface area contributed by atoms with E-state index in [1.807, 2.05) is 13.8 Å². The van der Waals surface area contributed by atoms with Gasteiger partial charge in [-0.25, -0.2) is 9.48 Å². The van der Waals surface area contributed by atoms with Crippen molar-refractivity contribution in [2.24, 2.45) is 0 Å². The molecule has 156 valence electrons. The second-order valence-corrected chi connectivity index (χ2v) is 6.73. The molecule has 1 aromatic heterocycles. The second kappa shape index (κ2) is 8.24. The number of benzene rings is 1. The molecule has 0 aliphatic carbocycles. The lowest BCUT2D eigenvalue weighted by Gasteiger charge is -2.29. The Kier molecular flexibility index (Phi) is 5.92. The predicted octanol–water partition coefficient (Wildman–Crippen LogP) is 3.55. The molecule has 0 amide bonds. The number of hydrogen-bond donors (Lipinski definition) is 1. The minimum atomic E-state index is -4.60. The van der Waals surface area contributed by atoms with Crippen LogP contribution in [0.25, 0.3) is 0 Å². The lowest BCUT2D eigenvalue weighted by molar-refractivity contribution is -0.142. The fourth-order valence-corrected chi connectivity index (χ4v) is 3.13. The highest BCUT2D eigenvalue weighted by Crippen LogP contribution is 2.41. The lowest BCUT2D eigenvalue weighted by Crippen LogP contribution is -2.31. The van der Waals surface area contributed by atoms with E-state index in [2.05, 4.69) is 15.4 Å². The normalized spacial score (nSPS) is 16.6. The van der Waals surface area contributed by atoms with Gasteiger partial charge in [0.15, 0.2) is 0 Å². The van der Waals surface area contributed by atoms with Crippen LogP contribution in [0.3, 0.4) is 0 Å². The van der Waals surface area contributed by atoms with Gasteiger partial charge in [0.05, 0.1) is 23.8 Å². The molecular formula is C19H21F3N4O3. The van der Waals surface area contributed by atoms with E-state index in [1.165, 1.54) is 29.2 Å². The van der Waals surface area contributed by atoms with Gasteiger partial charge in [-0.15, -0.1) is 0 Å². The molecule has 1 aliphatic rings. The Bertz CT molecular complexity index is 921. The number of fused-ring (bicyclic) bond motifs is 1. The number of alkyl halides is 3. The van der Waals surface area contributed by atoms with Crippen LogP contribution in [0.1, 0.15) is 37.9 Å². The monoisotopic (exact) mass is 410 g/mol. The first kappa shape index (κ1) is 20.8. The Morgan fingerprint density at radius 2 is 2.00 bits per heavy atom. The van der Waals surface area contributed by atoms with Gasteiger partial charge in [0, 0.05) is 5.70 Å². The van der Waals surface area contributed by atoms with Gasteiger partial charge in [0.1, 0.15) is 19.0 Å². The molecule has 3 rings (SSSR count). The third-order valence-electron chi connectivity index (χ3n) is 4.34. The van der Waals surface area contributed by atoms with Crippen LogP contribution >= 0.6 is 0 Å². The van der Waals surface area contributed by atoms with Crippen LogP contribution in [0.15, 0.2) is 41.9 Å². The van der Waals surface area contributed by atoms with E-state index < -0.39 is 23.8 Å². The maximum Gasteiger partial charge on any atom is 0.416 e. The summed E-state index contributed by atoms with van der Waals surface area (Å²) in [5, 5.41) is 6.93. The molecule has 1 N–H and O–H groups in total. The number of halogens is 3. The summed E-state index contributed by atoms with van der Waals surface area (Å²) in [6, 6.07) is 3.95. The second-order valence-electron chi connectivity index (χ2n) is 6.73. The summed E-state index contributed by atoms with van der Waals surface area (Å²) < 4.78 is 52.8. The van der Waals surface area contributed by atoms with Crippen molar-refractivity contribution in [3.63, 3.8) is 0 Å². The summed E-state index contributed by atoms with van der Waals surface area (Å²) in [6.45, 7) is 5.43. The molecule has 1 atom stereocenters. The van der Waals surface area contributed by atoms with Crippen LogP contribution < -0.4 is 5.32 Å². The SMILES string of the molecule is CC1=C(C(=O)OCCOC(C)C)[C@@H](c2ccccc2C(F)(F)F)n2ncnc2N1. The Hall–Kier alpha value is -2.88. The third-order valence-corrected chi connectivity index (χ3v) is 4.34. The zero-order valence-corrected chi connectivity index (χ0v) is 16.2. The van der Waals surface area contributed by atoms with E-state index in [4.69, 9.17) is 9.47 Å². The topological polar surface area (TPSA) is 78.3 Å². The van der Waals surface area contributed by atoms with Crippen LogP contribution in [0.4, 0.5) is 19.1 Å². The van der Waals surface area contributed by atoms with E-state index in [0.717, 1.165) is 6.07 Å². The van der Waals surface area contributed by atoms with Crippen LogP contribution in [0.5, 0.6) is 0 Å². The molecule has 0 bridgehead atoms. The number of anilines is 1. The van der Waals surface area contributed by atoms with E-state index in [1.54, 1.807) is 6.92 Å². The van der Waals surface area contributed by atoms with Gasteiger partial charge in [-0.3, -0.25) is 0 Å². The van der Waals surface area contributed by atoms with Crippen LogP contribution in [0.2, 0.25) is 0 Å². The summed E-state index contributed by atoms with van der Waals surface area (Å²) in [4.78, 5) is 16.8. The van der Waals surface area contributed by atoms with Crippen LogP contribution in [-0.2, 0) is 20.4 Å².